The van der Waals surface area contributed by atoms with Crippen LogP contribution < -0.4 is 0 Å². The first-order chi connectivity index (χ1) is 13.8. The van der Waals surface area contributed by atoms with Gasteiger partial charge in [-0.3, -0.25) is 19.2 Å². The molecule has 3 aromatic heterocycles. The van der Waals surface area contributed by atoms with E-state index in [2.05, 4.69) is 35.6 Å². The van der Waals surface area contributed by atoms with Crippen molar-refractivity contribution in [1.29, 1.82) is 0 Å². The lowest BCUT2D eigenvalue weighted by molar-refractivity contribution is 0.0657. The van der Waals surface area contributed by atoms with Crippen molar-refractivity contribution in [2.45, 2.75) is 37.5 Å². The number of aliphatic hydroxyl groups excluding tert-OH is 1. The zero-order valence-corrected chi connectivity index (χ0v) is 15.9. The van der Waals surface area contributed by atoms with Gasteiger partial charge in [-0.25, -0.2) is 0 Å². The summed E-state index contributed by atoms with van der Waals surface area (Å²) in [5.41, 5.74) is 2.16. The van der Waals surface area contributed by atoms with Crippen molar-refractivity contribution >= 4 is 5.65 Å². The van der Waals surface area contributed by atoms with Crippen molar-refractivity contribution in [2.75, 3.05) is 26.2 Å². The topological polar surface area (TPSA) is 69.8 Å². The van der Waals surface area contributed by atoms with Crippen LogP contribution in [0.15, 0.2) is 48.9 Å². The van der Waals surface area contributed by atoms with Crippen molar-refractivity contribution in [1.82, 2.24) is 29.4 Å². The zero-order valence-electron chi connectivity index (χ0n) is 15.9. The number of piperidine rings is 1. The number of nitrogens with zero attached hydrogens (tertiary/aromatic N) is 6. The first-order valence-electron chi connectivity index (χ1n) is 10.1. The molecule has 2 saturated heterocycles. The highest BCUT2D eigenvalue weighted by atomic mass is 16.3. The van der Waals surface area contributed by atoms with Crippen LogP contribution in [0.25, 0.3) is 5.65 Å². The summed E-state index contributed by atoms with van der Waals surface area (Å²) in [5.74, 6) is 1.50. The smallest absolute Gasteiger partial charge is 0.160 e. The normalized spacial score (nSPS) is 24.9. The minimum Gasteiger partial charge on any atom is -0.390 e. The Hall–Kier alpha value is -2.35. The van der Waals surface area contributed by atoms with Gasteiger partial charge in [0.25, 0.3) is 0 Å². The van der Waals surface area contributed by atoms with Crippen molar-refractivity contribution in [3.63, 3.8) is 0 Å². The molecule has 2 fully saturated rings. The fraction of sp³-hybridized carbons (Fsp3) is 0.476. The fourth-order valence-electron chi connectivity index (χ4n) is 4.71. The Labute approximate surface area is 164 Å². The molecule has 0 aliphatic carbocycles. The Morgan fingerprint density at radius 3 is 2.64 bits per heavy atom. The average Bonchev–Trinajstić information content (AvgIpc) is 3.32. The molecule has 2 aliphatic rings. The second kappa shape index (κ2) is 7.58. The van der Waals surface area contributed by atoms with E-state index in [1.54, 1.807) is 0 Å². The summed E-state index contributed by atoms with van der Waals surface area (Å²) in [4.78, 5) is 8.90. The Kier molecular flexibility index (Phi) is 4.80. The molecule has 1 N–H and O–H groups in total. The van der Waals surface area contributed by atoms with Crippen LogP contribution in [-0.2, 0) is 6.54 Å². The van der Waals surface area contributed by atoms with Crippen molar-refractivity contribution in [3.05, 3.63) is 60.3 Å². The van der Waals surface area contributed by atoms with Gasteiger partial charge in [0.1, 0.15) is 5.82 Å². The molecule has 0 spiro atoms. The second-order valence-corrected chi connectivity index (χ2v) is 7.98. The van der Waals surface area contributed by atoms with Gasteiger partial charge in [-0.05, 0) is 55.8 Å². The number of hydrogen-bond donors (Lipinski definition) is 1. The highest BCUT2D eigenvalue weighted by Crippen LogP contribution is 2.30. The molecule has 7 heteroatoms. The number of aliphatic hydroxyl groups is 1. The number of likely N-dealkylation sites (tertiary alicyclic amines) is 2. The van der Waals surface area contributed by atoms with E-state index in [-0.39, 0.29) is 12.1 Å². The van der Waals surface area contributed by atoms with E-state index >= 15 is 0 Å². The number of aromatic nitrogens is 4. The fourth-order valence-corrected chi connectivity index (χ4v) is 4.71. The quantitative estimate of drug-likeness (QED) is 0.743. The van der Waals surface area contributed by atoms with Crippen LogP contribution in [0.4, 0.5) is 0 Å². The first-order valence-corrected chi connectivity index (χ1v) is 10.1. The Morgan fingerprint density at radius 2 is 1.82 bits per heavy atom. The van der Waals surface area contributed by atoms with Gasteiger partial charge in [-0.2, -0.15) is 0 Å². The number of hydrogen-bond acceptors (Lipinski definition) is 6. The van der Waals surface area contributed by atoms with Gasteiger partial charge in [0.15, 0.2) is 5.65 Å². The molecule has 2 atom stereocenters. The number of β-amino-alcohol motifs (C(OH)–C–C–N with tert-alkyl or cyclic N) is 1. The lowest BCUT2D eigenvalue weighted by Crippen LogP contribution is -2.47. The summed E-state index contributed by atoms with van der Waals surface area (Å²) in [5, 5.41) is 19.4. The lowest BCUT2D eigenvalue weighted by atomic mass is 9.94. The van der Waals surface area contributed by atoms with Gasteiger partial charge < -0.3 is 5.11 Å². The van der Waals surface area contributed by atoms with Gasteiger partial charge in [-0.15, -0.1) is 10.2 Å². The molecule has 0 saturated carbocycles. The largest absolute Gasteiger partial charge is 0.390 e. The van der Waals surface area contributed by atoms with Gasteiger partial charge in [0, 0.05) is 50.2 Å². The molecule has 0 amide bonds. The van der Waals surface area contributed by atoms with Crippen molar-refractivity contribution in [3.8, 4) is 0 Å². The van der Waals surface area contributed by atoms with Crippen molar-refractivity contribution in [2.24, 2.45) is 0 Å². The predicted octanol–water partition coefficient (Wildman–Crippen LogP) is 1.55. The minimum atomic E-state index is -0.285. The standard InChI is InChI=1S/C21H26N6O/c28-19-15-25(13-16-4-8-22-9-5-16)14-18(19)26-11-6-17(7-12-26)21-24-23-20-3-1-2-10-27(20)21/h1-5,8-10,17-19,28H,6-7,11-15H2/t18-,19-/m0/s1. The Morgan fingerprint density at radius 1 is 1.00 bits per heavy atom. The zero-order chi connectivity index (χ0) is 18.9. The van der Waals surface area contributed by atoms with Crippen LogP contribution in [0.1, 0.15) is 30.1 Å². The van der Waals surface area contributed by atoms with E-state index in [4.69, 9.17) is 0 Å². The molecule has 5 heterocycles. The summed E-state index contributed by atoms with van der Waals surface area (Å²) in [6.45, 7) is 4.52. The molecule has 3 aromatic rings. The van der Waals surface area contributed by atoms with E-state index in [1.807, 2.05) is 42.7 Å². The maximum absolute atomic E-state index is 10.7. The monoisotopic (exact) mass is 378 g/mol. The van der Waals surface area contributed by atoms with E-state index in [1.165, 1.54) is 5.56 Å². The Balaban J connectivity index is 1.21. The third kappa shape index (κ3) is 3.41. The predicted molar refractivity (Wildman–Crippen MR) is 106 cm³/mol. The molecule has 5 rings (SSSR count). The van der Waals surface area contributed by atoms with Crippen LogP contribution >= 0.6 is 0 Å². The summed E-state index contributed by atoms with van der Waals surface area (Å²) >= 11 is 0. The highest BCUT2D eigenvalue weighted by molar-refractivity contribution is 5.37. The van der Waals surface area contributed by atoms with Gasteiger partial charge >= 0.3 is 0 Å². The lowest BCUT2D eigenvalue weighted by Gasteiger charge is -2.36. The number of fused-ring (bicyclic) bond motifs is 1. The molecular formula is C21H26N6O. The molecule has 7 nitrogen and oxygen atoms in total. The summed E-state index contributed by atoms with van der Waals surface area (Å²) in [6, 6.07) is 10.3. The molecule has 0 aromatic carbocycles. The molecule has 0 radical (unpaired) electrons. The maximum Gasteiger partial charge on any atom is 0.160 e. The van der Waals surface area contributed by atoms with Crippen molar-refractivity contribution < 1.29 is 5.11 Å². The van der Waals surface area contributed by atoms with Crippen LogP contribution in [0.3, 0.4) is 0 Å². The van der Waals surface area contributed by atoms with Crippen LogP contribution in [0.2, 0.25) is 0 Å². The molecule has 28 heavy (non-hydrogen) atoms. The highest BCUT2D eigenvalue weighted by Gasteiger charge is 2.37. The molecule has 0 bridgehead atoms. The third-order valence-electron chi connectivity index (χ3n) is 6.19. The summed E-state index contributed by atoms with van der Waals surface area (Å²) < 4.78 is 2.11. The van der Waals surface area contributed by atoms with E-state index in [9.17, 15) is 5.11 Å². The molecule has 2 aliphatic heterocycles. The van der Waals surface area contributed by atoms with Gasteiger partial charge in [-0.1, -0.05) is 6.07 Å². The van der Waals surface area contributed by atoms with E-state index < -0.39 is 0 Å². The number of rotatable bonds is 4. The van der Waals surface area contributed by atoms with E-state index in [0.717, 1.165) is 57.0 Å². The van der Waals surface area contributed by atoms with E-state index in [0.29, 0.717) is 5.92 Å². The number of pyridine rings is 2. The van der Waals surface area contributed by atoms with Crippen LogP contribution in [0.5, 0.6) is 0 Å². The second-order valence-electron chi connectivity index (χ2n) is 7.98. The molecule has 0 unspecified atom stereocenters. The van der Waals surface area contributed by atoms with Gasteiger partial charge in [0.05, 0.1) is 6.10 Å². The molecular weight excluding hydrogens is 352 g/mol. The average molecular weight is 378 g/mol. The van der Waals surface area contributed by atoms with Crippen LogP contribution in [-0.4, -0.2) is 72.8 Å². The van der Waals surface area contributed by atoms with Crippen LogP contribution in [0, 0.1) is 0 Å². The first kappa shape index (κ1) is 17.7. The summed E-state index contributed by atoms with van der Waals surface area (Å²) in [6.07, 6.45) is 7.55. The SMILES string of the molecule is O[C@H]1CN(Cc2ccncc2)C[C@@H]1N1CCC(c2nnc3ccccn23)CC1. The molecule has 146 valence electrons. The minimum absolute atomic E-state index is 0.220. The maximum atomic E-state index is 10.7. The van der Waals surface area contributed by atoms with Gasteiger partial charge in [0.2, 0.25) is 0 Å². The Bertz CT molecular complexity index is 921. The summed E-state index contributed by atoms with van der Waals surface area (Å²) in [7, 11) is 0. The third-order valence-corrected chi connectivity index (χ3v) is 6.19.